The topological polar surface area (TPSA) is 33.2 Å². The Bertz CT molecular complexity index is 520. The first-order chi connectivity index (χ1) is 8.72. The number of pyridine rings is 1. The normalized spacial score (nSPS) is 10.1. The van der Waals surface area contributed by atoms with Crippen molar-refractivity contribution < 1.29 is 4.79 Å². The average Bonchev–Trinajstić information content (AvgIpc) is 2.47. The van der Waals surface area contributed by atoms with E-state index in [0.717, 1.165) is 11.3 Å². The fraction of sp³-hybridized carbons (Fsp3) is 0.200. The van der Waals surface area contributed by atoms with E-state index in [4.69, 9.17) is 0 Å². The van der Waals surface area contributed by atoms with Crippen molar-refractivity contribution in [3.8, 4) is 11.3 Å². The molecule has 1 aromatic carbocycles. The minimum atomic E-state index is 0.0464. The van der Waals surface area contributed by atoms with Crippen LogP contribution in [0.3, 0.4) is 0 Å². The lowest BCUT2D eigenvalue weighted by Crippen LogP contribution is -2.26. The molecule has 0 unspecified atom stereocenters. The third kappa shape index (κ3) is 2.56. The van der Waals surface area contributed by atoms with Gasteiger partial charge in [0, 0.05) is 30.9 Å². The fourth-order valence-corrected chi connectivity index (χ4v) is 1.68. The Kier molecular flexibility index (Phi) is 3.72. The van der Waals surface area contributed by atoms with Gasteiger partial charge in [0.2, 0.25) is 0 Å². The van der Waals surface area contributed by atoms with E-state index in [1.165, 1.54) is 0 Å². The number of nitrogens with zero attached hydrogens (tertiary/aromatic N) is 2. The summed E-state index contributed by atoms with van der Waals surface area (Å²) in [6.07, 6.45) is 1.76. The zero-order chi connectivity index (χ0) is 13.0. The number of hydrogen-bond donors (Lipinski definition) is 0. The molecule has 0 radical (unpaired) electrons. The second-order valence-electron chi connectivity index (χ2n) is 4.11. The van der Waals surface area contributed by atoms with Crippen LogP contribution in [-0.2, 0) is 0 Å². The van der Waals surface area contributed by atoms with Crippen molar-refractivity contribution in [2.24, 2.45) is 0 Å². The van der Waals surface area contributed by atoms with Crippen molar-refractivity contribution in [1.82, 2.24) is 9.88 Å². The van der Waals surface area contributed by atoms with Crippen LogP contribution in [0.15, 0.2) is 48.7 Å². The van der Waals surface area contributed by atoms with Gasteiger partial charge in [-0.15, -0.1) is 0 Å². The maximum absolute atomic E-state index is 11.9. The molecule has 1 aromatic heterocycles. The van der Waals surface area contributed by atoms with Crippen LogP contribution in [0.4, 0.5) is 0 Å². The third-order valence-corrected chi connectivity index (χ3v) is 2.91. The van der Waals surface area contributed by atoms with E-state index in [1.54, 1.807) is 18.1 Å². The summed E-state index contributed by atoms with van der Waals surface area (Å²) in [7, 11) is 1.80. The van der Waals surface area contributed by atoms with Crippen molar-refractivity contribution in [2.45, 2.75) is 6.92 Å². The van der Waals surface area contributed by atoms with Crippen LogP contribution >= 0.6 is 0 Å². The molecule has 0 atom stereocenters. The lowest BCUT2D eigenvalue weighted by molar-refractivity contribution is 0.0802. The zero-order valence-corrected chi connectivity index (χ0v) is 10.6. The van der Waals surface area contributed by atoms with Crippen LogP contribution in [0, 0.1) is 0 Å². The average molecular weight is 240 g/mol. The maximum atomic E-state index is 11.9. The number of aromatic nitrogens is 1. The van der Waals surface area contributed by atoms with E-state index >= 15 is 0 Å². The molecule has 0 fully saturated rings. The van der Waals surface area contributed by atoms with Gasteiger partial charge in [0.15, 0.2) is 0 Å². The summed E-state index contributed by atoms with van der Waals surface area (Å²) >= 11 is 0. The van der Waals surface area contributed by atoms with Crippen molar-refractivity contribution in [3.05, 3.63) is 54.2 Å². The maximum Gasteiger partial charge on any atom is 0.253 e. The van der Waals surface area contributed by atoms with Gasteiger partial charge in [-0.1, -0.05) is 18.2 Å². The molecule has 2 rings (SSSR count). The Labute approximate surface area is 107 Å². The Morgan fingerprint density at radius 1 is 1.17 bits per heavy atom. The number of amides is 1. The quantitative estimate of drug-likeness (QED) is 0.826. The van der Waals surface area contributed by atoms with Gasteiger partial charge in [0.05, 0.1) is 5.69 Å². The summed E-state index contributed by atoms with van der Waals surface area (Å²) in [5.41, 5.74) is 2.64. The monoisotopic (exact) mass is 240 g/mol. The van der Waals surface area contributed by atoms with Crippen LogP contribution in [0.2, 0.25) is 0 Å². The first-order valence-corrected chi connectivity index (χ1v) is 5.99. The lowest BCUT2D eigenvalue weighted by atomic mass is 10.1. The van der Waals surface area contributed by atoms with Crippen molar-refractivity contribution in [3.63, 3.8) is 0 Å². The zero-order valence-electron chi connectivity index (χ0n) is 10.6. The molecule has 92 valence electrons. The van der Waals surface area contributed by atoms with E-state index < -0.39 is 0 Å². The highest BCUT2D eigenvalue weighted by Gasteiger charge is 2.09. The fourth-order valence-electron chi connectivity index (χ4n) is 1.68. The number of rotatable bonds is 3. The van der Waals surface area contributed by atoms with Crippen LogP contribution in [0.5, 0.6) is 0 Å². The molecule has 0 spiro atoms. The van der Waals surface area contributed by atoms with E-state index in [9.17, 15) is 4.79 Å². The van der Waals surface area contributed by atoms with Crippen LogP contribution in [-0.4, -0.2) is 29.4 Å². The van der Waals surface area contributed by atoms with Gasteiger partial charge in [0.25, 0.3) is 5.91 Å². The molecule has 2 aromatic rings. The molecule has 1 amide bonds. The Morgan fingerprint density at radius 2 is 1.89 bits per heavy atom. The minimum absolute atomic E-state index is 0.0464. The third-order valence-electron chi connectivity index (χ3n) is 2.91. The summed E-state index contributed by atoms with van der Waals surface area (Å²) in [6, 6.07) is 13.3. The lowest BCUT2D eigenvalue weighted by Gasteiger charge is -2.14. The second-order valence-corrected chi connectivity index (χ2v) is 4.11. The molecule has 0 N–H and O–H groups in total. The molecule has 0 aliphatic heterocycles. The van der Waals surface area contributed by atoms with E-state index in [1.807, 2.05) is 49.4 Å². The number of hydrogen-bond acceptors (Lipinski definition) is 2. The van der Waals surface area contributed by atoms with Crippen LogP contribution in [0.1, 0.15) is 17.3 Å². The largest absolute Gasteiger partial charge is 0.342 e. The van der Waals surface area contributed by atoms with Crippen molar-refractivity contribution in [2.75, 3.05) is 13.6 Å². The highest BCUT2D eigenvalue weighted by Crippen LogP contribution is 2.17. The van der Waals surface area contributed by atoms with Crippen LogP contribution in [0.25, 0.3) is 11.3 Å². The van der Waals surface area contributed by atoms with Gasteiger partial charge >= 0.3 is 0 Å². The molecule has 0 saturated carbocycles. The number of benzene rings is 1. The highest BCUT2D eigenvalue weighted by molar-refractivity contribution is 5.94. The smallest absolute Gasteiger partial charge is 0.253 e. The molecule has 0 aliphatic rings. The van der Waals surface area contributed by atoms with Gasteiger partial charge < -0.3 is 4.90 Å². The Hall–Kier alpha value is -2.16. The second kappa shape index (κ2) is 5.45. The first-order valence-electron chi connectivity index (χ1n) is 5.99. The molecule has 3 heteroatoms. The molecule has 1 heterocycles. The van der Waals surface area contributed by atoms with Gasteiger partial charge in [0.1, 0.15) is 0 Å². The van der Waals surface area contributed by atoms with Gasteiger partial charge in [-0.3, -0.25) is 9.78 Å². The number of carbonyl (C=O) groups is 1. The molecule has 0 aliphatic carbocycles. The molecule has 18 heavy (non-hydrogen) atoms. The summed E-state index contributed by atoms with van der Waals surface area (Å²) in [5, 5.41) is 0. The molecular formula is C15H16N2O. The minimum Gasteiger partial charge on any atom is -0.342 e. The highest BCUT2D eigenvalue weighted by atomic mass is 16.2. The molecular weight excluding hydrogens is 224 g/mol. The van der Waals surface area contributed by atoms with E-state index in [0.29, 0.717) is 12.1 Å². The molecule has 0 saturated heterocycles. The summed E-state index contributed by atoms with van der Waals surface area (Å²) in [5.74, 6) is 0.0464. The predicted molar refractivity (Wildman–Crippen MR) is 72.3 cm³/mol. The van der Waals surface area contributed by atoms with Crippen LogP contribution < -0.4 is 0 Å². The van der Waals surface area contributed by atoms with Gasteiger partial charge in [-0.25, -0.2) is 0 Å². The number of carbonyl (C=O) groups excluding carboxylic acids is 1. The summed E-state index contributed by atoms with van der Waals surface area (Å²) < 4.78 is 0. The molecule has 3 nitrogen and oxygen atoms in total. The van der Waals surface area contributed by atoms with Crippen molar-refractivity contribution in [1.29, 1.82) is 0 Å². The summed E-state index contributed by atoms with van der Waals surface area (Å²) in [4.78, 5) is 17.9. The SMILES string of the molecule is CCN(C)C(=O)c1ccc(-c2ccccn2)cc1. The predicted octanol–water partition coefficient (Wildman–Crippen LogP) is 2.84. The Morgan fingerprint density at radius 3 is 2.44 bits per heavy atom. The van der Waals surface area contributed by atoms with E-state index in [-0.39, 0.29) is 5.91 Å². The van der Waals surface area contributed by atoms with Gasteiger partial charge in [-0.2, -0.15) is 0 Å². The standard InChI is InChI=1S/C15H16N2O/c1-3-17(2)15(18)13-9-7-12(8-10-13)14-6-4-5-11-16-14/h4-11H,3H2,1-2H3. The molecule has 0 bridgehead atoms. The van der Waals surface area contributed by atoms with E-state index in [2.05, 4.69) is 4.98 Å². The van der Waals surface area contributed by atoms with Gasteiger partial charge in [-0.05, 0) is 31.2 Å². The van der Waals surface area contributed by atoms with Crippen molar-refractivity contribution >= 4 is 5.91 Å². The first kappa shape index (κ1) is 12.3. The Balaban J connectivity index is 2.23. The summed E-state index contributed by atoms with van der Waals surface area (Å²) in [6.45, 7) is 2.67.